The molecule has 9 heteroatoms. The van der Waals surface area contributed by atoms with Crippen LogP contribution >= 0.6 is 12.4 Å². The monoisotopic (exact) mass is 431 g/mol. The molecule has 0 aromatic heterocycles. The largest absolute Gasteiger partial charge is 0.343 e. The Hall–Kier alpha value is -1.48. The summed E-state index contributed by atoms with van der Waals surface area (Å²) < 4.78 is 26.5. The molecule has 2 rings (SSSR count). The number of nitrogens with zero attached hydrogens (tertiary/aromatic N) is 2. The van der Waals surface area contributed by atoms with Crippen LogP contribution in [0.2, 0.25) is 0 Å². The minimum absolute atomic E-state index is 0. The van der Waals surface area contributed by atoms with Crippen molar-refractivity contribution in [2.24, 2.45) is 0 Å². The summed E-state index contributed by atoms with van der Waals surface area (Å²) in [5.74, 6) is -0.0535. The van der Waals surface area contributed by atoms with Crippen LogP contribution in [0.4, 0.5) is 0 Å². The highest BCUT2D eigenvalue weighted by Gasteiger charge is 2.23. The van der Waals surface area contributed by atoms with E-state index in [0.717, 1.165) is 25.9 Å². The second-order valence-corrected chi connectivity index (χ2v) is 9.04. The van der Waals surface area contributed by atoms with E-state index in [1.54, 1.807) is 4.90 Å². The van der Waals surface area contributed by atoms with Gasteiger partial charge in [-0.05, 0) is 51.4 Å². The highest BCUT2D eigenvalue weighted by molar-refractivity contribution is 7.89. The van der Waals surface area contributed by atoms with Crippen molar-refractivity contribution < 1.29 is 18.0 Å². The highest BCUT2D eigenvalue weighted by Crippen LogP contribution is 2.17. The van der Waals surface area contributed by atoms with Crippen LogP contribution in [0.25, 0.3) is 0 Å². The predicted octanol–water partition coefficient (Wildman–Crippen LogP) is 1.92. The molecule has 0 spiro atoms. The first-order valence-electron chi connectivity index (χ1n) is 9.27. The molecule has 1 fully saturated rings. The topological polar surface area (TPSA) is 86.8 Å². The van der Waals surface area contributed by atoms with E-state index in [-0.39, 0.29) is 41.6 Å². The van der Waals surface area contributed by atoms with Crippen molar-refractivity contribution in [2.75, 3.05) is 33.7 Å². The van der Waals surface area contributed by atoms with Gasteiger partial charge in [0.25, 0.3) is 0 Å². The van der Waals surface area contributed by atoms with Crippen LogP contribution in [0.1, 0.15) is 43.0 Å². The molecule has 1 heterocycles. The summed E-state index contributed by atoms with van der Waals surface area (Å²) in [6.45, 7) is 3.55. The lowest BCUT2D eigenvalue weighted by Gasteiger charge is -2.31. The third kappa shape index (κ3) is 6.27. The van der Waals surface area contributed by atoms with E-state index < -0.39 is 10.0 Å². The summed E-state index contributed by atoms with van der Waals surface area (Å²) in [5.41, 5.74) is 0.475. The van der Waals surface area contributed by atoms with Crippen molar-refractivity contribution in [2.45, 2.75) is 43.5 Å². The summed E-state index contributed by atoms with van der Waals surface area (Å²) in [6.07, 6.45) is 2.69. The van der Waals surface area contributed by atoms with Crippen LogP contribution < -0.4 is 5.32 Å². The van der Waals surface area contributed by atoms with Crippen LogP contribution in [-0.2, 0) is 14.8 Å². The fraction of sp³-hybridized carbons (Fsp3) is 0.579. The number of sulfonamides is 1. The zero-order valence-electron chi connectivity index (χ0n) is 16.7. The Labute approximate surface area is 173 Å². The van der Waals surface area contributed by atoms with E-state index in [1.807, 2.05) is 7.05 Å². The number of hydrogen-bond donors (Lipinski definition) is 1. The number of carbonyl (C=O) groups is 2. The van der Waals surface area contributed by atoms with E-state index in [0.29, 0.717) is 18.4 Å². The number of ketones is 1. The molecule has 0 atom stereocenters. The maximum atomic E-state index is 12.6. The van der Waals surface area contributed by atoms with Gasteiger partial charge in [0.2, 0.25) is 15.9 Å². The maximum Gasteiger partial charge on any atom is 0.242 e. The molecular formula is C19H30ClN3O4S. The van der Waals surface area contributed by atoms with Crippen LogP contribution in [-0.4, -0.2) is 69.1 Å². The van der Waals surface area contributed by atoms with Gasteiger partial charge in [-0.1, -0.05) is 12.1 Å². The van der Waals surface area contributed by atoms with Crippen molar-refractivity contribution in [1.82, 2.24) is 14.5 Å². The normalized spacial score (nSPS) is 15.1. The first-order valence-corrected chi connectivity index (χ1v) is 10.7. The molecule has 1 saturated heterocycles. The van der Waals surface area contributed by atoms with E-state index in [1.165, 1.54) is 42.5 Å². The van der Waals surface area contributed by atoms with E-state index in [4.69, 9.17) is 0 Å². The smallest absolute Gasteiger partial charge is 0.242 e. The second kappa shape index (κ2) is 10.9. The number of benzene rings is 1. The molecule has 1 aromatic carbocycles. The third-order valence-electron chi connectivity index (χ3n) is 5.08. The van der Waals surface area contributed by atoms with Crippen molar-refractivity contribution in [3.8, 4) is 0 Å². The molecule has 0 saturated carbocycles. The first-order chi connectivity index (χ1) is 12.7. The molecule has 0 unspecified atom stereocenters. The Bertz CT molecular complexity index is 762. The van der Waals surface area contributed by atoms with Gasteiger partial charge < -0.3 is 10.2 Å². The van der Waals surface area contributed by atoms with Gasteiger partial charge >= 0.3 is 0 Å². The number of amides is 1. The van der Waals surface area contributed by atoms with Gasteiger partial charge in [-0.2, -0.15) is 0 Å². The Morgan fingerprint density at radius 3 is 2.21 bits per heavy atom. The Morgan fingerprint density at radius 1 is 1.11 bits per heavy atom. The molecule has 0 bridgehead atoms. The molecule has 1 aliphatic heterocycles. The number of piperidine rings is 1. The van der Waals surface area contributed by atoms with Gasteiger partial charge in [-0.3, -0.25) is 9.59 Å². The van der Waals surface area contributed by atoms with Crippen molar-refractivity contribution in [3.63, 3.8) is 0 Å². The molecule has 1 aliphatic rings. The standard InChI is InChI=1S/C19H29N3O4S.ClH/c1-15(23)16-6-8-18(9-7-16)27(25,26)21(2)14-4-5-19(24)22(3)17-10-12-20-13-11-17;/h6-9,17,20H,4-5,10-14H2,1-3H3;1H. The van der Waals surface area contributed by atoms with Crippen LogP contribution in [0.15, 0.2) is 29.2 Å². The molecule has 1 amide bonds. The quantitative estimate of drug-likeness (QED) is 0.635. The summed E-state index contributed by atoms with van der Waals surface area (Å²) in [5, 5.41) is 3.28. The van der Waals surface area contributed by atoms with Crippen LogP contribution in [0.3, 0.4) is 0 Å². The minimum Gasteiger partial charge on any atom is -0.343 e. The minimum atomic E-state index is -3.63. The van der Waals surface area contributed by atoms with Gasteiger partial charge in [0.1, 0.15) is 0 Å². The number of halogens is 1. The van der Waals surface area contributed by atoms with Gasteiger partial charge in [0.15, 0.2) is 5.78 Å². The third-order valence-corrected chi connectivity index (χ3v) is 6.95. The van der Waals surface area contributed by atoms with E-state index in [9.17, 15) is 18.0 Å². The molecule has 28 heavy (non-hydrogen) atoms. The maximum absolute atomic E-state index is 12.6. The second-order valence-electron chi connectivity index (χ2n) is 7.00. The molecule has 1 N–H and O–H groups in total. The Morgan fingerprint density at radius 2 is 1.68 bits per heavy atom. The molecule has 0 aliphatic carbocycles. The average Bonchev–Trinajstić information content (AvgIpc) is 2.67. The fourth-order valence-electron chi connectivity index (χ4n) is 3.19. The van der Waals surface area contributed by atoms with Gasteiger partial charge in [0.05, 0.1) is 4.90 Å². The zero-order valence-corrected chi connectivity index (χ0v) is 18.3. The Balaban J connectivity index is 0.00000392. The average molecular weight is 432 g/mol. The molecule has 7 nitrogen and oxygen atoms in total. The Kier molecular flexibility index (Phi) is 9.56. The summed E-state index contributed by atoms with van der Waals surface area (Å²) in [7, 11) is -0.293. The summed E-state index contributed by atoms with van der Waals surface area (Å²) in [6, 6.07) is 6.18. The van der Waals surface area contributed by atoms with Crippen molar-refractivity contribution in [3.05, 3.63) is 29.8 Å². The highest BCUT2D eigenvalue weighted by atomic mass is 35.5. The van der Waals surface area contributed by atoms with Crippen molar-refractivity contribution in [1.29, 1.82) is 0 Å². The number of nitrogens with one attached hydrogen (secondary N) is 1. The number of rotatable bonds is 8. The van der Waals surface area contributed by atoms with Crippen molar-refractivity contribution >= 4 is 34.1 Å². The number of hydrogen-bond acceptors (Lipinski definition) is 5. The lowest BCUT2D eigenvalue weighted by molar-refractivity contribution is -0.132. The summed E-state index contributed by atoms with van der Waals surface area (Å²) >= 11 is 0. The molecule has 0 radical (unpaired) electrons. The van der Waals surface area contributed by atoms with Crippen LogP contribution in [0, 0.1) is 0 Å². The molecule has 1 aromatic rings. The predicted molar refractivity (Wildman–Crippen MR) is 111 cm³/mol. The fourth-order valence-corrected chi connectivity index (χ4v) is 4.40. The van der Waals surface area contributed by atoms with E-state index >= 15 is 0 Å². The van der Waals surface area contributed by atoms with Gasteiger partial charge in [-0.15, -0.1) is 12.4 Å². The number of carbonyl (C=O) groups excluding carboxylic acids is 2. The number of Topliss-reactive ketones (excluding diaryl/α,β-unsaturated/α-hetero) is 1. The van der Waals surface area contributed by atoms with Crippen LogP contribution in [0.5, 0.6) is 0 Å². The van der Waals surface area contributed by atoms with Gasteiger partial charge in [-0.25, -0.2) is 12.7 Å². The SMILES string of the molecule is CC(=O)c1ccc(S(=O)(=O)N(C)CCCC(=O)N(C)C2CCNCC2)cc1.Cl. The zero-order chi connectivity index (χ0) is 20.0. The molecular weight excluding hydrogens is 402 g/mol. The summed E-state index contributed by atoms with van der Waals surface area (Å²) in [4.78, 5) is 25.6. The van der Waals surface area contributed by atoms with Gasteiger partial charge in [0, 0.05) is 38.7 Å². The molecule has 158 valence electrons. The first kappa shape index (κ1) is 24.6. The lowest BCUT2D eigenvalue weighted by atomic mass is 10.0. The lowest BCUT2D eigenvalue weighted by Crippen LogP contribution is -2.44. The van der Waals surface area contributed by atoms with E-state index in [2.05, 4.69) is 5.32 Å².